The Morgan fingerprint density at radius 3 is 2.25 bits per heavy atom. The summed E-state index contributed by atoms with van der Waals surface area (Å²) in [6.07, 6.45) is -4.29. The molecule has 0 saturated heterocycles. The number of nitrogens with two attached hydrogens (primary N) is 1. The number of hydrogen-bond donors (Lipinski definition) is 3. The van der Waals surface area contributed by atoms with Gasteiger partial charge in [-0.25, -0.2) is 14.6 Å². The predicted molar refractivity (Wildman–Crippen MR) is 160 cm³/mol. The molecule has 0 bridgehead atoms. The lowest BCUT2D eigenvalue weighted by molar-refractivity contribution is -0.137. The molecule has 0 aliphatic heterocycles. The number of halogens is 4. The van der Waals surface area contributed by atoms with E-state index in [2.05, 4.69) is 15.6 Å². The van der Waals surface area contributed by atoms with Gasteiger partial charge in [0, 0.05) is 24.3 Å². The van der Waals surface area contributed by atoms with Crippen molar-refractivity contribution in [3.05, 3.63) is 87.9 Å². The molecule has 10 nitrogen and oxygen atoms in total. The van der Waals surface area contributed by atoms with Crippen molar-refractivity contribution >= 4 is 46.0 Å². The lowest BCUT2D eigenvalue weighted by Crippen LogP contribution is -2.35. The maximum absolute atomic E-state index is 13.2. The number of amides is 3. The molecule has 4 rings (SSSR count). The fourth-order valence-corrected chi connectivity index (χ4v) is 4.51. The predicted octanol–water partition coefficient (Wildman–Crippen LogP) is 7.41. The monoisotopic (exact) mass is 631 g/mol. The number of hydrogen-bond acceptors (Lipinski definition) is 6. The maximum Gasteiger partial charge on any atom is 0.417 e. The van der Waals surface area contributed by atoms with Gasteiger partial charge in [0.1, 0.15) is 17.6 Å². The van der Waals surface area contributed by atoms with Crippen LogP contribution in [0.15, 0.2) is 71.8 Å². The average molecular weight is 632 g/mol. The number of alkyl halides is 3. The third-order valence-electron chi connectivity index (χ3n) is 6.53. The molecule has 232 valence electrons. The Balaban J connectivity index is 1.42. The van der Waals surface area contributed by atoms with Gasteiger partial charge >= 0.3 is 18.3 Å². The first kappa shape index (κ1) is 32.1. The standard InChI is InChI=1S/C30H29ClF3N5O5/c1-29(2,3)25(44-27(35)41)12-13-39-16-36-24-11-9-20(15-21(24)26(39)40)43-19-7-4-17(5-8-19)37-28(42)38-18-6-10-23(31)22(14-18)30(32,33)34/h4-11,14-16,25H,12-13H2,1-3H3,(H2,35,41)(H2,37,38,42). The minimum Gasteiger partial charge on any atom is -0.457 e. The highest BCUT2D eigenvalue weighted by molar-refractivity contribution is 6.31. The zero-order valence-corrected chi connectivity index (χ0v) is 24.6. The molecule has 1 atom stereocenters. The molecule has 0 aliphatic carbocycles. The minimum absolute atomic E-state index is 0.0861. The molecule has 1 aromatic heterocycles. The van der Waals surface area contributed by atoms with E-state index < -0.39 is 40.4 Å². The maximum atomic E-state index is 13.2. The van der Waals surface area contributed by atoms with Crippen LogP contribution < -0.4 is 26.7 Å². The highest BCUT2D eigenvalue weighted by atomic mass is 35.5. The summed E-state index contributed by atoms with van der Waals surface area (Å²) in [7, 11) is 0. The molecule has 3 aromatic carbocycles. The van der Waals surface area contributed by atoms with E-state index >= 15 is 0 Å². The van der Waals surface area contributed by atoms with Crippen LogP contribution in [0.4, 0.5) is 34.1 Å². The molecule has 3 amide bonds. The highest BCUT2D eigenvalue weighted by Crippen LogP contribution is 2.36. The molecule has 0 spiro atoms. The fourth-order valence-electron chi connectivity index (χ4n) is 4.28. The van der Waals surface area contributed by atoms with Crippen LogP contribution in [0.1, 0.15) is 32.8 Å². The van der Waals surface area contributed by atoms with E-state index in [1.807, 2.05) is 20.8 Å². The number of rotatable bonds is 8. The Hall–Kier alpha value is -4.78. The minimum atomic E-state index is -4.67. The van der Waals surface area contributed by atoms with Crippen LogP contribution in [0, 0.1) is 5.41 Å². The van der Waals surface area contributed by atoms with Crippen molar-refractivity contribution in [3.8, 4) is 11.5 Å². The zero-order valence-electron chi connectivity index (χ0n) is 23.9. The lowest BCUT2D eigenvalue weighted by atomic mass is 9.87. The van der Waals surface area contributed by atoms with Gasteiger partial charge in [-0.3, -0.25) is 9.36 Å². The molecular weight excluding hydrogens is 603 g/mol. The molecule has 0 radical (unpaired) electrons. The van der Waals surface area contributed by atoms with Crippen LogP contribution in [0.5, 0.6) is 11.5 Å². The molecule has 44 heavy (non-hydrogen) atoms. The Morgan fingerprint density at radius 1 is 0.977 bits per heavy atom. The number of aryl methyl sites for hydroxylation is 1. The van der Waals surface area contributed by atoms with Gasteiger partial charge < -0.3 is 25.8 Å². The van der Waals surface area contributed by atoms with E-state index in [0.29, 0.717) is 34.5 Å². The summed E-state index contributed by atoms with van der Waals surface area (Å²) in [6.45, 7) is 5.95. The van der Waals surface area contributed by atoms with Crippen LogP contribution in [-0.2, 0) is 17.5 Å². The Morgan fingerprint density at radius 2 is 1.61 bits per heavy atom. The summed E-state index contributed by atoms with van der Waals surface area (Å²) in [5.41, 5.74) is 4.17. The molecule has 14 heteroatoms. The summed E-state index contributed by atoms with van der Waals surface area (Å²) in [6, 6.07) is 13.3. The first-order chi connectivity index (χ1) is 20.6. The molecule has 4 N–H and O–H groups in total. The van der Waals surface area contributed by atoms with E-state index in [4.69, 9.17) is 26.8 Å². The van der Waals surface area contributed by atoms with E-state index in [0.717, 1.165) is 12.1 Å². The first-order valence-corrected chi connectivity index (χ1v) is 13.7. The Labute approximate surface area is 254 Å². The number of carbonyl (C=O) groups excluding carboxylic acids is 2. The Bertz CT molecular complexity index is 1740. The van der Waals surface area contributed by atoms with Crippen LogP contribution >= 0.6 is 11.6 Å². The summed E-state index contributed by atoms with van der Waals surface area (Å²) in [5.74, 6) is 0.754. The number of fused-ring (bicyclic) bond motifs is 1. The van der Waals surface area contributed by atoms with Gasteiger partial charge in [-0.2, -0.15) is 13.2 Å². The summed E-state index contributed by atoms with van der Waals surface area (Å²) >= 11 is 5.62. The van der Waals surface area contributed by atoms with E-state index in [1.54, 1.807) is 30.3 Å². The van der Waals surface area contributed by atoms with Crippen LogP contribution in [0.25, 0.3) is 10.9 Å². The quantitative estimate of drug-likeness (QED) is 0.185. The number of nitrogens with zero attached hydrogens (tertiary/aromatic N) is 2. The molecule has 0 fully saturated rings. The van der Waals surface area contributed by atoms with Gasteiger partial charge in [0.25, 0.3) is 5.56 Å². The second-order valence-corrected chi connectivity index (χ2v) is 11.3. The van der Waals surface area contributed by atoms with Crippen molar-refractivity contribution in [1.82, 2.24) is 9.55 Å². The SMILES string of the molecule is CC(C)(C)C(CCn1cnc2ccc(Oc3ccc(NC(=O)Nc4ccc(Cl)c(C(F)(F)F)c4)cc3)cc2c1=O)OC(N)=O. The number of nitrogens with one attached hydrogen (secondary N) is 2. The van der Waals surface area contributed by atoms with Gasteiger partial charge in [-0.05, 0) is 66.1 Å². The van der Waals surface area contributed by atoms with E-state index in [1.165, 1.54) is 29.1 Å². The third kappa shape index (κ3) is 8.19. The van der Waals surface area contributed by atoms with Crippen LogP contribution in [-0.4, -0.2) is 27.8 Å². The number of primary amides is 1. The van der Waals surface area contributed by atoms with Crippen molar-refractivity contribution in [3.63, 3.8) is 0 Å². The molecular formula is C30H29ClF3N5O5. The average Bonchev–Trinajstić information content (AvgIpc) is 2.93. The molecule has 1 unspecified atom stereocenters. The van der Waals surface area contributed by atoms with Crippen LogP contribution in [0.3, 0.4) is 0 Å². The summed E-state index contributed by atoms with van der Waals surface area (Å²) < 4.78 is 51.8. The molecule has 0 aliphatic rings. The number of aromatic nitrogens is 2. The highest BCUT2D eigenvalue weighted by Gasteiger charge is 2.33. The van der Waals surface area contributed by atoms with Crippen molar-refractivity contribution in [1.29, 1.82) is 0 Å². The van der Waals surface area contributed by atoms with E-state index in [9.17, 15) is 27.6 Å². The first-order valence-electron chi connectivity index (χ1n) is 13.3. The van der Waals surface area contributed by atoms with Gasteiger partial charge in [0.05, 0.1) is 27.8 Å². The molecule has 4 aromatic rings. The smallest absolute Gasteiger partial charge is 0.417 e. The molecule has 0 saturated carbocycles. The number of anilines is 2. The number of benzene rings is 3. The van der Waals surface area contributed by atoms with E-state index in [-0.39, 0.29) is 17.8 Å². The van der Waals surface area contributed by atoms with Gasteiger partial charge in [-0.15, -0.1) is 0 Å². The summed E-state index contributed by atoms with van der Waals surface area (Å²) in [4.78, 5) is 41.2. The number of urea groups is 1. The van der Waals surface area contributed by atoms with Gasteiger partial charge in [0.15, 0.2) is 0 Å². The van der Waals surface area contributed by atoms with Gasteiger partial charge in [-0.1, -0.05) is 32.4 Å². The normalized spacial score (nSPS) is 12.4. The van der Waals surface area contributed by atoms with Crippen LogP contribution in [0.2, 0.25) is 5.02 Å². The fraction of sp³-hybridized carbons (Fsp3) is 0.267. The Kier molecular flexibility index (Phi) is 9.38. The lowest BCUT2D eigenvalue weighted by Gasteiger charge is -2.29. The van der Waals surface area contributed by atoms with Crippen molar-refractivity contribution < 1.29 is 32.2 Å². The van der Waals surface area contributed by atoms with Crippen molar-refractivity contribution in [2.45, 2.75) is 46.0 Å². The second-order valence-electron chi connectivity index (χ2n) is 10.9. The van der Waals surface area contributed by atoms with Gasteiger partial charge in [0.2, 0.25) is 0 Å². The molecule has 1 heterocycles. The largest absolute Gasteiger partial charge is 0.457 e. The topological polar surface area (TPSA) is 138 Å². The van der Waals surface area contributed by atoms with Crippen molar-refractivity contribution in [2.24, 2.45) is 11.1 Å². The third-order valence-corrected chi connectivity index (χ3v) is 6.86. The summed E-state index contributed by atoms with van der Waals surface area (Å²) in [5, 5.41) is 4.70. The zero-order chi connectivity index (χ0) is 32.2. The second kappa shape index (κ2) is 12.8. The van der Waals surface area contributed by atoms with Crippen molar-refractivity contribution in [2.75, 3.05) is 10.6 Å². The number of carbonyl (C=O) groups is 2. The number of ether oxygens (including phenoxy) is 2.